The van der Waals surface area contributed by atoms with E-state index in [-0.39, 0.29) is 0 Å². The van der Waals surface area contributed by atoms with E-state index in [4.69, 9.17) is 13.8 Å². The molecule has 11 aromatic rings. The number of benzene rings is 9. The summed E-state index contributed by atoms with van der Waals surface area (Å²) < 4.78 is 13.0. The van der Waals surface area contributed by atoms with Crippen LogP contribution in [0.3, 0.4) is 0 Å². The van der Waals surface area contributed by atoms with Crippen LogP contribution >= 0.6 is 0 Å². The van der Waals surface area contributed by atoms with Gasteiger partial charge in [-0.05, 0) is 98.9 Å². The van der Waals surface area contributed by atoms with Gasteiger partial charge in [0.25, 0.3) is 0 Å². The fourth-order valence-electron chi connectivity index (χ4n) is 7.99. The number of furan rings is 1. The molecule has 2 heterocycles. The summed E-state index contributed by atoms with van der Waals surface area (Å²) in [6.45, 7) is 0. The van der Waals surface area contributed by atoms with Crippen LogP contribution in [0.25, 0.3) is 88.3 Å². The molecule has 0 radical (unpaired) electrons. The third-order valence-electron chi connectivity index (χ3n) is 10.7. The summed E-state index contributed by atoms with van der Waals surface area (Å²) in [7, 11) is 0. The van der Waals surface area contributed by atoms with Crippen molar-refractivity contribution in [2.75, 3.05) is 4.90 Å². The largest absolute Gasteiger partial charge is 0.456 e. The zero-order chi connectivity index (χ0) is 36.3. The van der Waals surface area contributed by atoms with Crippen molar-refractivity contribution in [2.24, 2.45) is 0 Å². The Bertz CT molecular complexity index is 3220. The van der Waals surface area contributed by atoms with Gasteiger partial charge in [0.2, 0.25) is 5.89 Å². The van der Waals surface area contributed by atoms with Gasteiger partial charge in [-0.15, -0.1) is 0 Å². The first-order valence-corrected chi connectivity index (χ1v) is 18.5. The molecule has 0 fully saturated rings. The normalized spacial score (nSPS) is 11.6. The Morgan fingerprint density at radius 1 is 0.364 bits per heavy atom. The van der Waals surface area contributed by atoms with Gasteiger partial charge >= 0.3 is 0 Å². The zero-order valence-corrected chi connectivity index (χ0v) is 29.7. The first-order chi connectivity index (χ1) is 27.2. The van der Waals surface area contributed by atoms with E-state index in [1.165, 1.54) is 16.3 Å². The molecule has 0 aliphatic carbocycles. The molecule has 0 spiro atoms. The van der Waals surface area contributed by atoms with Crippen LogP contribution in [-0.4, -0.2) is 4.98 Å². The lowest BCUT2D eigenvalue weighted by Crippen LogP contribution is -2.10. The number of hydrogen-bond acceptors (Lipinski definition) is 4. The number of aromatic nitrogens is 1. The molecule has 11 rings (SSSR count). The minimum Gasteiger partial charge on any atom is -0.456 e. The Morgan fingerprint density at radius 2 is 1.02 bits per heavy atom. The Kier molecular flexibility index (Phi) is 7.14. The number of rotatable bonds is 6. The fraction of sp³-hybridized carbons (Fsp3) is 0. The highest BCUT2D eigenvalue weighted by Crippen LogP contribution is 2.41. The highest BCUT2D eigenvalue weighted by molar-refractivity contribution is 6.06. The van der Waals surface area contributed by atoms with Crippen molar-refractivity contribution in [2.45, 2.75) is 0 Å². The maximum absolute atomic E-state index is 6.58. The van der Waals surface area contributed by atoms with Crippen LogP contribution in [-0.2, 0) is 0 Å². The van der Waals surface area contributed by atoms with E-state index in [2.05, 4.69) is 175 Å². The average molecular weight is 705 g/mol. The summed E-state index contributed by atoms with van der Waals surface area (Å²) in [5, 5.41) is 6.94. The molecule has 0 amide bonds. The Balaban J connectivity index is 1.02. The average Bonchev–Trinajstić information content (AvgIpc) is 3.85. The van der Waals surface area contributed by atoms with E-state index in [1.54, 1.807) is 0 Å². The highest BCUT2D eigenvalue weighted by atomic mass is 16.3. The van der Waals surface area contributed by atoms with E-state index in [9.17, 15) is 0 Å². The molecule has 0 aliphatic rings. The van der Waals surface area contributed by atoms with Gasteiger partial charge in [0.1, 0.15) is 16.7 Å². The summed E-state index contributed by atoms with van der Waals surface area (Å²) in [6.07, 6.45) is 0. The molecular weight excluding hydrogens is 673 g/mol. The second kappa shape index (κ2) is 12.6. The van der Waals surface area contributed by atoms with Crippen LogP contribution in [0.5, 0.6) is 0 Å². The van der Waals surface area contributed by atoms with Gasteiger partial charge in [-0.3, -0.25) is 0 Å². The van der Waals surface area contributed by atoms with Crippen molar-refractivity contribution in [3.05, 3.63) is 194 Å². The van der Waals surface area contributed by atoms with Crippen LogP contribution in [0.4, 0.5) is 17.1 Å². The molecule has 0 unspecified atom stereocenters. The molecule has 9 aromatic carbocycles. The number of para-hydroxylation sites is 2. The third kappa shape index (κ3) is 5.34. The van der Waals surface area contributed by atoms with Crippen LogP contribution in [0.1, 0.15) is 0 Å². The van der Waals surface area contributed by atoms with Gasteiger partial charge < -0.3 is 13.7 Å². The van der Waals surface area contributed by atoms with Crippen molar-refractivity contribution in [1.82, 2.24) is 4.98 Å². The van der Waals surface area contributed by atoms with E-state index in [0.29, 0.717) is 5.89 Å². The first kappa shape index (κ1) is 31.1. The van der Waals surface area contributed by atoms with Gasteiger partial charge in [-0.1, -0.05) is 127 Å². The molecule has 0 N–H and O–H groups in total. The predicted molar refractivity (Wildman–Crippen MR) is 227 cm³/mol. The van der Waals surface area contributed by atoms with Gasteiger partial charge in [0.05, 0.1) is 0 Å². The van der Waals surface area contributed by atoms with Crippen molar-refractivity contribution in [3.63, 3.8) is 0 Å². The van der Waals surface area contributed by atoms with Crippen LogP contribution in [0.15, 0.2) is 203 Å². The second-order valence-corrected chi connectivity index (χ2v) is 14.0. The lowest BCUT2D eigenvalue weighted by molar-refractivity contribution is 0.621. The van der Waals surface area contributed by atoms with Gasteiger partial charge in [-0.2, -0.15) is 0 Å². The van der Waals surface area contributed by atoms with Crippen LogP contribution < -0.4 is 4.90 Å². The van der Waals surface area contributed by atoms with Crippen molar-refractivity contribution in [1.29, 1.82) is 0 Å². The molecule has 0 saturated carbocycles. The topological polar surface area (TPSA) is 42.4 Å². The van der Waals surface area contributed by atoms with E-state index in [0.717, 1.165) is 83.1 Å². The summed E-state index contributed by atoms with van der Waals surface area (Å²) in [4.78, 5) is 7.25. The molecular formula is C51H32N2O2. The van der Waals surface area contributed by atoms with Crippen molar-refractivity contribution in [3.8, 4) is 33.7 Å². The summed E-state index contributed by atoms with van der Waals surface area (Å²) >= 11 is 0. The first-order valence-electron chi connectivity index (χ1n) is 18.5. The number of fused-ring (bicyclic) bond motifs is 6. The van der Waals surface area contributed by atoms with E-state index >= 15 is 0 Å². The molecule has 4 heteroatoms. The minimum absolute atomic E-state index is 0.620. The molecule has 4 nitrogen and oxygen atoms in total. The lowest BCUT2D eigenvalue weighted by atomic mass is 10.00. The number of hydrogen-bond donors (Lipinski definition) is 0. The second-order valence-electron chi connectivity index (χ2n) is 14.0. The molecule has 258 valence electrons. The molecule has 0 aliphatic heterocycles. The summed E-state index contributed by atoms with van der Waals surface area (Å²) in [5.74, 6) is 0.620. The van der Waals surface area contributed by atoms with E-state index in [1.807, 2.05) is 24.3 Å². The molecule has 55 heavy (non-hydrogen) atoms. The number of oxazole rings is 1. The maximum atomic E-state index is 6.58. The lowest BCUT2D eigenvalue weighted by Gasteiger charge is -2.26. The molecule has 2 aromatic heterocycles. The monoisotopic (exact) mass is 704 g/mol. The van der Waals surface area contributed by atoms with Crippen molar-refractivity contribution < 1.29 is 8.83 Å². The minimum atomic E-state index is 0.620. The van der Waals surface area contributed by atoms with Crippen molar-refractivity contribution >= 4 is 71.6 Å². The van der Waals surface area contributed by atoms with Gasteiger partial charge in [0.15, 0.2) is 5.58 Å². The molecule has 0 saturated heterocycles. The predicted octanol–water partition coefficient (Wildman–Crippen LogP) is 14.5. The fourth-order valence-corrected chi connectivity index (χ4v) is 7.99. The summed E-state index contributed by atoms with van der Waals surface area (Å²) in [6, 6.07) is 68.1. The molecule has 0 atom stereocenters. The Labute approximate surface area is 317 Å². The Morgan fingerprint density at radius 3 is 1.93 bits per heavy atom. The molecule has 0 bridgehead atoms. The zero-order valence-electron chi connectivity index (χ0n) is 29.7. The highest BCUT2D eigenvalue weighted by Gasteiger charge is 2.19. The standard InChI is InChI=1S/C51H32N2O2/c1-2-12-36-30-38(23-22-33(36)10-1)37-14-7-15-40(31-37)53(41-28-29-45-44-17-5-6-21-48(44)54-49(45)32-41)39-26-24-35(25-27-39)43-18-9-20-47-50(43)55-51(52-47)46-19-8-13-34-11-3-4-16-42(34)46/h1-32H. The summed E-state index contributed by atoms with van der Waals surface area (Å²) in [5.41, 5.74) is 11.8. The SMILES string of the molecule is c1cc(-c2ccc3ccccc3c2)cc(N(c2ccc(-c3cccc4nc(-c5cccc6ccccc56)oc34)cc2)c2ccc3c(c2)oc2ccccc23)c1. The quantitative estimate of drug-likeness (QED) is 0.173. The van der Waals surface area contributed by atoms with Crippen LogP contribution in [0, 0.1) is 0 Å². The van der Waals surface area contributed by atoms with Gasteiger partial charge in [-0.25, -0.2) is 4.98 Å². The maximum Gasteiger partial charge on any atom is 0.227 e. The van der Waals surface area contributed by atoms with E-state index < -0.39 is 0 Å². The van der Waals surface area contributed by atoms with Gasteiger partial charge in [0, 0.05) is 45.0 Å². The third-order valence-corrected chi connectivity index (χ3v) is 10.7. The Hall–Kier alpha value is -7.43. The number of nitrogens with zero attached hydrogens (tertiary/aromatic N) is 2. The van der Waals surface area contributed by atoms with Crippen LogP contribution in [0.2, 0.25) is 0 Å². The smallest absolute Gasteiger partial charge is 0.227 e. The number of anilines is 3.